The van der Waals surface area contributed by atoms with Crippen molar-refractivity contribution in [2.24, 2.45) is 0 Å². The smallest absolute Gasteiger partial charge is 0.181 e. The summed E-state index contributed by atoms with van der Waals surface area (Å²) in [6.07, 6.45) is 6.89. The van der Waals surface area contributed by atoms with E-state index in [1.54, 1.807) is 0 Å². The van der Waals surface area contributed by atoms with Crippen LogP contribution in [0.4, 0.5) is 5.69 Å². The van der Waals surface area contributed by atoms with Gasteiger partial charge in [-0.2, -0.15) is 5.10 Å². The second kappa shape index (κ2) is 4.20. The first kappa shape index (κ1) is 10.3. The van der Waals surface area contributed by atoms with Gasteiger partial charge in [-0.15, -0.1) is 0 Å². The van der Waals surface area contributed by atoms with E-state index in [9.17, 15) is 0 Å². The highest BCUT2D eigenvalue weighted by Gasteiger charge is 2.18. The Labute approximate surface area is 100 Å². The van der Waals surface area contributed by atoms with Gasteiger partial charge in [0.1, 0.15) is 6.33 Å². The summed E-state index contributed by atoms with van der Waals surface area (Å²) < 4.78 is 2.01. The number of rotatable bonds is 2. The van der Waals surface area contributed by atoms with Crippen LogP contribution in [0.2, 0.25) is 0 Å². The summed E-state index contributed by atoms with van der Waals surface area (Å²) in [6.45, 7) is 0. The molecule has 0 aliphatic heterocycles. The van der Waals surface area contributed by atoms with Crippen molar-refractivity contribution < 1.29 is 0 Å². The molecule has 1 fully saturated rings. The molecule has 4 heteroatoms. The molecule has 17 heavy (non-hydrogen) atoms. The lowest BCUT2D eigenvalue weighted by Gasteiger charge is -2.07. The van der Waals surface area contributed by atoms with E-state index in [-0.39, 0.29) is 0 Å². The Morgan fingerprint density at radius 2 is 2.06 bits per heavy atom. The summed E-state index contributed by atoms with van der Waals surface area (Å²) in [5.41, 5.74) is 7.50. The molecule has 0 bridgehead atoms. The Morgan fingerprint density at radius 1 is 1.24 bits per heavy atom. The van der Waals surface area contributed by atoms with Gasteiger partial charge in [0.05, 0.1) is 6.04 Å². The summed E-state index contributed by atoms with van der Waals surface area (Å²) in [6, 6.07) is 8.24. The summed E-state index contributed by atoms with van der Waals surface area (Å²) in [5.74, 6) is 0.768. The molecule has 1 aliphatic carbocycles. The molecule has 0 atom stereocenters. The van der Waals surface area contributed by atoms with Crippen molar-refractivity contribution in [2.75, 3.05) is 5.73 Å². The Kier molecular flexibility index (Phi) is 2.55. The van der Waals surface area contributed by atoms with Gasteiger partial charge < -0.3 is 5.73 Å². The van der Waals surface area contributed by atoms with E-state index in [1.165, 1.54) is 25.7 Å². The monoisotopic (exact) mass is 228 g/mol. The fourth-order valence-corrected chi connectivity index (χ4v) is 2.43. The zero-order valence-electron chi connectivity index (χ0n) is 9.71. The third-order valence-electron chi connectivity index (χ3n) is 3.35. The van der Waals surface area contributed by atoms with Crippen LogP contribution in [0.3, 0.4) is 0 Å². The molecular weight excluding hydrogens is 212 g/mol. The number of anilines is 1. The van der Waals surface area contributed by atoms with Gasteiger partial charge >= 0.3 is 0 Å². The second-order valence-electron chi connectivity index (χ2n) is 4.61. The first-order valence-corrected chi connectivity index (χ1v) is 6.10. The van der Waals surface area contributed by atoms with Gasteiger partial charge in [-0.05, 0) is 25.0 Å². The maximum atomic E-state index is 5.76. The Balaban J connectivity index is 1.89. The fraction of sp³-hybridized carbons (Fsp3) is 0.385. The average Bonchev–Trinajstić information content (AvgIpc) is 3.00. The van der Waals surface area contributed by atoms with Gasteiger partial charge in [0.2, 0.25) is 0 Å². The standard InChI is InChI=1S/C13H16N4/c14-11-5-3-4-10(8-11)13-15-9-17(16-13)12-6-1-2-7-12/h3-5,8-9,12H,1-2,6-7,14H2. The van der Waals surface area contributed by atoms with E-state index < -0.39 is 0 Å². The van der Waals surface area contributed by atoms with E-state index in [1.807, 2.05) is 35.3 Å². The van der Waals surface area contributed by atoms with E-state index in [4.69, 9.17) is 5.73 Å². The van der Waals surface area contributed by atoms with E-state index >= 15 is 0 Å². The van der Waals surface area contributed by atoms with E-state index in [0.29, 0.717) is 6.04 Å². The van der Waals surface area contributed by atoms with Crippen molar-refractivity contribution in [3.63, 3.8) is 0 Å². The Morgan fingerprint density at radius 3 is 2.82 bits per heavy atom. The quantitative estimate of drug-likeness (QED) is 0.804. The lowest BCUT2D eigenvalue weighted by Crippen LogP contribution is -2.04. The summed E-state index contributed by atoms with van der Waals surface area (Å²) >= 11 is 0. The first-order valence-electron chi connectivity index (χ1n) is 6.10. The highest BCUT2D eigenvalue weighted by Crippen LogP contribution is 2.29. The molecule has 88 valence electrons. The van der Waals surface area contributed by atoms with Crippen LogP contribution in [0.1, 0.15) is 31.7 Å². The average molecular weight is 228 g/mol. The summed E-state index contributed by atoms with van der Waals surface area (Å²) in [5, 5.41) is 4.55. The maximum Gasteiger partial charge on any atom is 0.181 e. The predicted molar refractivity (Wildman–Crippen MR) is 67.4 cm³/mol. The molecule has 4 nitrogen and oxygen atoms in total. The van der Waals surface area contributed by atoms with Crippen molar-refractivity contribution >= 4 is 5.69 Å². The zero-order chi connectivity index (χ0) is 11.7. The van der Waals surface area contributed by atoms with Crippen LogP contribution < -0.4 is 5.73 Å². The van der Waals surface area contributed by atoms with Crippen LogP contribution in [0.25, 0.3) is 11.4 Å². The van der Waals surface area contributed by atoms with Crippen molar-refractivity contribution in [3.05, 3.63) is 30.6 Å². The summed E-state index contributed by atoms with van der Waals surface area (Å²) in [7, 11) is 0. The van der Waals surface area contributed by atoms with Gasteiger partial charge in [0.15, 0.2) is 5.82 Å². The van der Waals surface area contributed by atoms with Crippen LogP contribution in [0, 0.1) is 0 Å². The largest absolute Gasteiger partial charge is 0.399 e. The number of hydrogen-bond acceptors (Lipinski definition) is 3. The SMILES string of the molecule is Nc1cccc(-c2ncn(C3CCCC3)n2)c1. The van der Waals surface area contributed by atoms with Crippen molar-refractivity contribution in [3.8, 4) is 11.4 Å². The minimum Gasteiger partial charge on any atom is -0.399 e. The molecule has 3 rings (SSSR count). The van der Waals surface area contributed by atoms with Crippen LogP contribution >= 0.6 is 0 Å². The van der Waals surface area contributed by atoms with Crippen molar-refractivity contribution in [2.45, 2.75) is 31.7 Å². The number of benzene rings is 1. The number of nitrogens with two attached hydrogens (primary N) is 1. The van der Waals surface area contributed by atoms with Gasteiger partial charge in [0, 0.05) is 11.3 Å². The lowest BCUT2D eigenvalue weighted by molar-refractivity contribution is 0.466. The molecule has 2 aromatic rings. The number of hydrogen-bond donors (Lipinski definition) is 1. The molecule has 1 heterocycles. The molecular formula is C13H16N4. The molecule has 1 saturated carbocycles. The van der Waals surface area contributed by atoms with Gasteiger partial charge in [-0.25, -0.2) is 9.67 Å². The first-order chi connectivity index (χ1) is 8.33. The van der Waals surface area contributed by atoms with Crippen LogP contribution in [-0.4, -0.2) is 14.8 Å². The van der Waals surface area contributed by atoms with Gasteiger partial charge in [-0.1, -0.05) is 25.0 Å². The van der Waals surface area contributed by atoms with Gasteiger partial charge in [-0.3, -0.25) is 0 Å². The second-order valence-corrected chi connectivity index (χ2v) is 4.61. The predicted octanol–water partition coefficient (Wildman–Crippen LogP) is 2.64. The Bertz CT molecular complexity index is 512. The molecule has 0 unspecified atom stereocenters. The minimum absolute atomic E-state index is 0.539. The van der Waals surface area contributed by atoms with Crippen molar-refractivity contribution in [1.82, 2.24) is 14.8 Å². The van der Waals surface area contributed by atoms with E-state index in [0.717, 1.165) is 17.1 Å². The molecule has 0 spiro atoms. The normalized spacial score (nSPS) is 16.5. The van der Waals surface area contributed by atoms with Crippen LogP contribution in [0.15, 0.2) is 30.6 Å². The fourth-order valence-electron chi connectivity index (χ4n) is 2.43. The highest BCUT2D eigenvalue weighted by molar-refractivity contribution is 5.60. The molecule has 0 saturated heterocycles. The van der Waals surface area contributed by atoms with Crippen molar-refractivity contribution in [1.29, 1.82) is 0 Å². The third kappa shape index (κ3) is 2.02. The van der Waals surface area contributed by atoms with Crippen LogP contribution in [0.5, 0.6) is 0 Å². The van der Waals surface area contributed by atoms with Gasteiger partial charge in [0.25, 0.3) is 0 Å². The number of nitrogen functional groups attached to an aromatic ring is 1. The topological polar surface area (TPSA) is 56.7 Å². The summed E-state index contributed by atoms with van der Waals surface area (Å²) in [4.78, 5) is 4.37. The molecule has 1 aromatic heterocycles. The Hall–Kier alpha value is -1.84. The number of aromatic nitrogens is 3. The van der Waals surface area contributed by atoms with E-state index in [2.05, 4.69) is 10.1 Å². The number of nitrogens with zero attached hydrogens (tertiary/aromatic N) is 3. The molecule has 0 radical (unpaired) electrons. The highest BCUT2D eigenvalue weighted by atomic mass is 15.3. The molecule has 2 N–H and O–H groups in total. The third-order valence-corrected chi connectivity index (χ3v) is 3.35. The lowest BCUT2D eigenvalue weighted by atomic mass is 10.2. The van der Waals surface area contributed by atoms with Crippen LogP contribution in [-0.2, 0) is 0 Å². The molecule has 1 aliphatic rings. The molecule has 1 aromatic carbocycles. The minimum atomic E-state index is 0.539. The molecule has 0 amide bonds. The zero-order valence-corrected chi connectivity index (χ0v) is 9.71. The maximum absolute atomic E-state index is 5.76.